The van der Waals surface area contributed by atoms with E-state index in [9.17, 15) is 23.1 Å². The van der Waals surface area contributed by atoms with Crippen molar-refractivity contribution >= 4 is 12.2 Å². The van der Waals surface area contributed by atoms with Gasteiger partial charge in [-0.05, 0) is 32.6 Å². The molecule has 1 aliphatic rings. The average Bonchev–Trinajstić information content (AvgIpc) is 2.51. The van der Waals surface area contributed by atoms with E-state index < -0.39 is 23.0 Å². The number of aromatic nitrogens is 2. The summed E-state index contributed by atoms with van der Waals surface area (Å²) in [5, 5.41) is 9.61. The number of carbonyl (C=O) groups is 1. The average molecular weight is 341 g/mol. The number of hydrogen-bond donors (Lipinski definition) is 1. The highest BCUT2D eigenvalue weighted by atomic mass is 19.4. The highest BCUT2D eigenvalue weighted by Crippen LogP contribution is 2.31. The van der Waals surface area contributed by atoms with Crippen LogP contribution < -0.4 is 4.90 Å². The quantitative estimate of drug-likeness (QED) is 0.659. The lowest BCUT2D eigenvalue weighted by Gasteiger charge is -2.29. The number of carbonyl (C=O) groups excluding carboxylic acids is 1. The fourth-order valence-corrected chi connectivity index (χ4v) is 2.28. The molecule has 0 radical (unpaired) electrons. The van der Waals surface area contributed by atoms with E-state index >= 15 is 0 Å². The first kappa shape index (κ1) is 18.2. The highest BCUT2D eigenvalue weighted by molar-refractivity contribution is 5.54. The minimum atomic E-state index is -4.63. The first-order chi connectivity index (χ1) is 11.1. The lowest BCUT2D eigenvalue weighted by atomic mass is 9.99. The molecule has 5 nitrogen and oxygen atoms in total. The van der Waals surface area contributed by atoms with Gasteiger partial charge in [-0.15, -0.1) is 0 Å². The molecule has 2 rings (SSSR count). The molecule has 130 valence electrons. The molecule has 1 aromatic heterocycles. The fourth-order valence-electron chi connectivity index (χ4n) is 2.28. The lowest BCUT2D eigenvalue weighted by Crippen LogP contribution is -2.35. The standard InChI is InChI=1S/C16H18F3N3O2/c1-15(2,24)6-3-13-12(16(17,18)19)9-20-14(21-13)22-7-4-11(10-23)5-8-22/h9-11,24H,4-5,7-8H2,1-2H3. The summed E-state index contributed by atoms with van der Waals surface area (Å²) in [5.41, 5.74) is -2.94. The summed E-state index contributed by atoms with van der Waals surface area (Å²) < 4.78 is 39.2. The maximum absolute atomic E-state index is 13.1. The van der Waals surface area contributed by atoms with Crippen LogP contribution in [0, 0.1) is 17.8 Å². The Kier molecular flexibility index (Phi) is 5.13. The van der Waals surface area contributed by atoms with E-state index in [0.29, 0.717) is 32.1 Å². The van der Waals surface area contributed by atoms with E-state index in [1.807, 2.05) is 0 Å². The van der Waals surface area contributed by atoms with Crippen molar-refractivity contribution in [3.8, 4) is 11.8 Å². The second-order valence-electron chi connectivity index (χ2n) is 6.20. The van der Waals surface area contributed by atoms with Crippen molar-refractivity contribution in [3.05, 3.63) is 17.5 Å². The second-order valence-corrected chi connectivity index (χ2v) is 6.20. The Hall–Kier alpha value is -2.14. The minimum Gasteiger partial charge on any atom is -0.378 e. The van der Waals surface area contributed by atoms with Crippen LogP contribution in [0.4, 0.5) is 19.1 Å². The van der Waals surface area contributed by atoms with Crippen molar-refractivity contribution in [2.24, 2.45) is 5.92 Å². The molecular weight excluding hydrogens is 323 g/mol. The second kappa shape index (κ2) is 6.77. The fraction of sp³-hybridized carbons (Fsp3) is 0.562. The van der Waals surface area contributed by atoms with Gasteiger partial charge < -0.3 is 14.8 Å². The van der Waals surface area contributed by atoms with Gasteiger partial charge >= 0.3 is 6.18 Å². The van der Waals surface area contributed by atoms with Gasteiger partial charge in [-0.3, -0.25) is 0 Å². The Morgan fingerprint density at radius 3 is 2.46 bits per heavy atom. The summed E-state index contributed by atoms with van der Waals surface area (Å²) in [5.74, 6) is 4.76. The third-order valence-electron chi connectivity index (χ3n) is 3.58. The maximum Gasteiger partial charge on any atom is 0.420 e. The number of aliphatic hydroxyl groups is 1. The molecule has 1 aliphatic heterocycles. The van der Waals surface area contributed by atoms with Gasteiger partial charge in [-0.2, -0.15) is 13.2 Å². The SMILES string of the molecule is CC(C)(O)C#Cc1nc(N2CCC(C=O)CC2)ncc1C(F)(F)F. The topological polar surface area (TPSA) is 66.3 Å². The molecule has 1 saturated heterocycles. The molecule has 0 spiro atoms. The summed E-state index contributed by atoms with van der Waals surface area (Å²) in [6, 6.07) is 0. The number of nitrogens with zero attached hydrogens (tertiary/aromatic N) is 3. The van der Waals surface area contributed by atoms with Crippen LogP contribution in [-0.2, 0) is 11.0 Å². The molecule has 0 aliphatic carbocycles. The van der Waals surface area contributed by atoms with Gasteiger partial charge in [0, 0.05) is 25.2 Å². The smallest absolute Gasteiger partial charge is 0.378 e. The number of aldehydes is 1. The highest BCUT2D eigenvalue weighted by Gasteiger charge is 2.35. The van der Waals surface area contributed by atoms with E-state index in [1.165, 1.54) is 13.8 Å². The minimum absolute atomic E-state index is 0.0369. The van der Waals surface area contributed by atoms with Gasteiger partial charge in [0.15, 0.2) is 0 Å². The van der Waals surface area contributed by atoms with E-state index in [4.69, 9.17) is 0 Å². The zero-order chi connectivity index (χ0) is 18.0. The van der Waals surface area contributed by atoms with Crippen LogP contribution >= 0.6 is 0 Å². The van der Waals surface area contributed by atoms with Gasteiger partial charge in [0.2, 0.25) is 5.95 Å². The van der Waals surface area contributed by atoms with Crippen LogP contribution in [0.1, 0.15) is 37.9 Å². The molecular formula is C16H18F3N3O2. The Morgan fingerprint density at radius 1 is 1.33 bits per heavy atom. The first-order valence-corrected chi connectivity index (χ1v) is 7.50. The summed E-state index contributed by atoms with van der Waals surface area (Å²) in [4.78, 5) is 20.2. The van der Waals surface area contributed by atoms with E-state index in [1.54, 1.807) is 4.90 Å². The Labute approximate surface area is 137 Å². The molecule has 8 heteroatoms. The number of halogens is 3. The largest absolute Gasteiger partial charge is 0.420 e. The number of piperidine rings is 1. The summed E-state index contributed by atoms with van der Waals surface area (Å²) in [6.07, 6.45) is -1.81. The van der Waals surface area contributed by atoms with E-state index in [2.05, 4.69) is 21.8 Å². The molecule has 0 unspecified atom stereocenters. The molecule has 0 bridgehead atoms. The van der Waals surface area contributed by atoms with Crippen LogP contribution in [-0.4, -0.2) is 40.1 Å². The predicted molar refractivity (Wildman–Crippen MR) is 81.2 cm³/mol. The molecule has 2 heterocycles. The van der Waals surface area contributed by atoms with Gasteiger partial charge in [-0.25, -0.2) is 9.97 Å². The molecule has 1 aromatic rings. The van der Waals surface area contributed by atoms with Crippen molar-refractivity contribution in [1.29, 1.82) is 0 Å². The van der Waals surface area contributed by atoms with Gasteiger partial charge in [0.05, 0.1) is 0 Å². The first-order valence-electron chi connectivity index (χ1n) is 7.50. The lowest BCUT2D eigenvalue weighted by molar-refractivity contribution is -0.138. The number of anilines is 1. The maximum atomic E-state index is 13.1. The van der Waals surface area contributed by atoms with Gasteiger partial charge in [-0.1, -0.05) is 5.92 Å². The zero-order valence-corrected chi connectivity index (χ0v) is 13.4. The van der Waals surface area contributed by atoms with Crippen LogP contribution in [0.25, 0.3) is 0 Å². The van der Waals surface area contributed by atoms with Crippen molar-refractivity contribution in [1.82, 2.24) is 9.97 Å². The monoisotopic (exact) mass is 341 g/mol. The summed E-state index contributed by atoms with van der Waals surface area (Å²) in [7, 11) is 0. The van der Waals surface area contributed by atoms with E-state index in [0.717, 1.165) is 6.29 Å². The Morgan fingerprint density at radius 2 is 1.96 bits per heavy atom. The third-order valence-corrected chi connectivity index (χ3v) is 3.58. The number of hydrogen-bond acceptors (Lipinski definition) is 5. The predicted octanol–water partition coefficient (Wildman–Crippen LogP) is 2.03. The molecule has 0 aromatic carbocycles. The van der Waals surface area contributed by atoms with Crippen LogP contribution in [0.15, 0.2) is 6.20 Å². The van der Waals surface area contributed by atoms with Crippen molar-refractivity contribution in [2.75, 3.05) is 18.0 Å². The van der Waals surface area contributed by atoms with Crippen LogP contribution in [0.5, 0.6) is 0 Å². The van der Waals surface area contributed by atoms with Crippen molar-refractivity contribution in [2.45, 2.75) is 38.5 Å². The van der Waals surface area contributed by atoms with Crippen LogP contribution in [0.2, 0.25) is 0 Å². The summed E-state index contributed by atoms with van der Waals surface area (Å²) in [6.45, 7) is 3.74. The molecule has 0 saturated carbocycles. The van der Waals surface area contributed by atoms with Gasteiger partial charge in [0.25, 0.3) is 0 Å². The van der Waals surface area contributed by atoms with Crippen molar-refractivity contribution in [3.63, 3.8) is 0 Å². The van der Waals surface area contributed by atoms with Crippen molar-refractivity contribution < 1.29 is 23.1 Å². The van der Waals surface area contributed by atoms with Crippen LogP contribution in [0.3, 0.4) is 0 Å². The zero-order valence-electron chi connectivity index (χ0n) is 13.4. The van der Waals surface area contributed by atoms with E-state index in [-0.39, 0.29) is 11.9 Å². The summed E-state index contributed by atoms with van der Waals surface area (Å²) >= 11 is 0. The molecule has 1 N–H and O–H groups in total. The molecule has 24 heavy (non-hydrogen) atoms. The molecule has 0 atom stereocenters. The number of rotatable bonds is 2. The third kappa shape index (κ3) is 4.68. The molecule has 0 amide bonds. The Balaban J connectivity index is 2.35. The molecule has 1 fully saturated rings. The Bertz CT molecular complexity index is 664. The van der Waals surface area contributed by atoms with Gasteiger partial charge in [0.1, 0.15) is 23.1 Å². The number of alkyl halides is 3. The normalized spacial score (nSPS) is 16.5.